The summed E-state index contributed by atoms with van der Waals surface area (Å²) >= 11 is 5.95. The number of hydrogen-bond acceptors (Lipinski definition) is 5. The molecule has 1 unspecified atom stereocenters. The summed E-state index contributed by atoms with van der Waals surface area (Å²) in [7, 11) is -3.58. The second kappa shape index (κ2) is 6.48. The Labute approximate surface area is 128 Å². The smallest absolute Gasteiger partial charge is 0.252 e. The van der Waals surface area contributed by atoms with Gasteiger partial charge in [0, 0.05) is 12.6 Å². The predicted octanol–water partition coefficient (Wildman–Crippen LogP) is 1.31. The van der Waals surface area contributed by atoms with Crippen molar-refractivity contribution >= 4 is 38.6 Å². The Morgan fingerprint density at radius 3 is 2.80 bits per heavy atom. The van der Waals surface area contributed by atoms with Crippen LogP contribution >= 0.6 is 23.6 Å². The topological polar surface area (TPSA) is 83.6 Å². The van der Waals surface area contributed by atoms with Gasteiger partial charge >= 0.3 is 0 Å². The van der Waals surface area contributed by atoms with Crippen molar-refractivity contribution < 1.29 is 13.5 Å². The van der Waals surface area contributed by atoms with E-state index in [0.717, 1.165) is 30.6 Å². The van der Waals surface area contributed by atoms with Crippen molar-refractivity contribution in [2.45, 2.75) is 35.9 Å². The van der Waals surface area contributed by atoms with Crippen LogP contribution in [0.2, 0.25) is 0 Å². The minimum atomic E-state index is -3.58. The first-order chi connectivity index (χ1) is 9.46. The fourth-order valence-corrected chi connectivity index (χ4v) is 5.52. The number of nitrogens with two attached hydrogens (primary N) is 1. The Bertz CT molecular complexity index is 583. The molecule has 112 valence electrons. The van der Waals surface area contributed by atoms with Crippen LogP contribution in [0.3, 0.4) is 0 Å². The molecular formula is C12H18N2O3S3. The van der Waals surface area contributed by atoms with Crippen molar-refractivity contribution in [2.24, 2.45) is 5.73 Å². The van der Waals surface area contributed by atoms with Gasteiger partial charge in [0.2, 0.25) is 0 Å². The van der Waals surface area contributed by atoms with Gasteiger partial charge in [0.25, 0.3) is 10.0 Å². The summed E-state index contributed by atoms with van der Waals surface area (Å²) < 4.78 is 27.0. The van der Waals surface area contributed by atoms with Gasteiger partial charge in [0.1, 0.15) is 9.20 Å². The molecule has 0 radical (unpaired) electrons. The zero-order chi connectivity index (χ0) is 14.8. The number of thiocarbonyl (C=S) groups is 1. The Kier molecular flexibility index (Phi) is 5.14. The number of aliphatic hydroxyl groups is 1. The van der Waals surface area contributed by atoms with Crippen molar-refractivity contribution in [1.29, 1.82) is 0 Å². The molecule has 1 saturated heterocycles. The molecule has 1 aromatic rings. The summed E-state index contributed by atoms with van der Waals surface area (Å²) in [5.41, 5.74) is 5.52. The Hall–Kier alpha value is -0.540. The summed E-state index contributed by atoms with van der Waals surface area (Å²) in [6.07, 6.45) is 3.46. The molecule has 2 rings (SSSR count). The highest BCUT2D eigenvalue weighted by Gasteiger charge is 2.33. The fraction of sp³-hybridized carbons (Fsp3) is 0.583. The molecule has 0 aromatic carbocycles. The van der Waals surface area contributed by atoms with Crippen molar-refractivity contribution in [2.75, 3.05) is 13.2 Å². The van der Waals surface area contributed by atoms with Crippen LogP contribution in [0.15, 0.2) is 16.3 Å². The quantitative estimate of drug-likeness (QED) is 0.811. The van der Waals surface area contributed by atoms with Gasteiger partial charge in [-0.15, -0.1) is 11.3 Å². The monoisotopic (exact) mass is 334 g/mol. The molecule has 1 atom stereocenters. The summed E-state index contributed by atoms with van der Waals surface area (Å²) in [6, 6.07) is 2.83. The number of sulfonamides is 1. The lowest BCUT2D eigenvalue weighted by atomic mass is 10.1. The summed E-state index contributed by atoms with van der Waals surface area (Å²) in [4.78, 5) is 0.792. The zero-order valence-corrected chi connectivity index (χ0v) is 13.4. The molecule has 0 bridgehead atoms. The Balaban J connectivity index is 2.33. The number of aliphatic hydroxyl groups excluding tert-OH is 1. The van der Waals surface area contributed by atoms with Crippen LogP contribution in [0.1, 0.15) is 30.6 Å². The average molecular weight is 334 g/mol. The predicted molar refractivity (Wildman–Crippen MR) is 83.4 cm³/mol. The molecule has 1 aliphatic heterocycles. The third-order valence-electron chi connectivity index (χ3n) is 3.42. The lowest BCUT2D eigenvalue weighted by Gasteiger charge is -2.26. The molecule has 0 saturated carbocycles. The molecule has 2 heterocycles. The highest BCUT2D eigenvalue weighted by Crippen LogP contribution is 2.29. The summed E-state index contributed by atoms with van der Waals surface area (Å²) in [6.45, 7) is 0.306. The normalized spacial score (nSPS) is 21.6. The molecule has 8 heteroatoms. The van der Waals surface area contributed by atoms with Crippen LogP contribution in [0, 0.1) is 0 Å². The largest absolute Gasteiger partial charge is 0.395 e. The SMILES string of the molecule is NC(=S)c1ccc(S(=O)(=O)N2CCCCCC2CO)s1. The zero-order valence-electron chi connectivity index (χ0n) is 11.0. The van der Waals surface area contributed by atoms with Crippen molar-refractivity contribution in [3.05, 3.63) is 17.0 Å². The molecule has 0 amide bonds. The van der Waals surface area contributed by atoms with Crippen molar-refractivity contribution in [3.63, 3.8) is 0 Å². The van der Waals surface area contributed by atoms with E-state index in [1.165, 1.54) is 10.4 Å². The van der Waals surface area contributed by atoms with Crippen LogP contribution in [0.25, 0.3) is 0 Å². The first-order valence-corrected chi connectivity index (χ1v) is 9.15. The van der Waals surface area contributed by atoms with E-state index in [2.05, 4.69) is 0 Å². The summed E-state index contributed by atoms with van der Waals surface area (Å²) in [5, 5.41) is 9.45. The Morgan fingerprint density at radius 1 is 1.45 bits per heavy atom. The molecule has 1 aromatic heterocycles. The first-order valence-electron chi connectivity index (χ1n) is 6.49. The molecular weight excluding hydrogens is 316 g/mol. The fourth-order valence-electron chi connectivity index (χ4n) is 2.36. The average Bonchev–Trinajstić information content (AvgIpc) is 2.78. The van der Waals surface area contributed by atoms with Gasteiger partial charge in [-0.3, -0.25) is 0 Å². The van der Waals surface area contributed by atoms with E-state index in [4.69, 9.17) is 18.0 Å². The van der Waals surface area contributed by atoms with Gasteiger partial charge in [0.15, 0.2) is 0 Å². The number of hydrogen-bond donors (Lipinski definition) is 2. The summed E-state index contributed by atoms with van der Waals surface area (Å²) in [5.74, 6) is 0. The van der Waals surface area contributed by atoms with E-state index in [-0.39, 0.29) is 21.8 Å². The van der Waals surface area contributed by atoms with Gasteiger partial charge in [-0.2, -0.15) is 4.31 Å². The van der Waals surface area contributed by atoms with E-state index >= 15 is 0 Å². The van der Waals surface area contributed by atoms with Crippen molar-refractivity contribution in [3.8, 4) is 0 Å². The maximum Gasteiger partial charge on any atom is 0.252 e. The molecule has 0 spiro atoms. The van der Waals surface area contributed by atoms with Crippen LogP contribution in [-0.4, -0.2) is 42.0 Å². The lowest BCUT2D eigenvalue weighted by Crippen LogP contribution is -2.41. The van der Waals surface area contributed by atoms with E-state index in [9.17, 15) is 13.5 Å². The molecule has 1 fully saturated rings. The molecule has 20 heavy (non-hydrogen) atoms. The molecule has 3 N–H and O–H groups in total. The molecule has 0 aliphatic carbocycles. The van der Waals surface area contributed by atoms with E-state index < -0.39 is 10.0 Å². The van der Waals surface area contributed by atoms with E-state index in [1.807, 2.05) is 0 Å². The second-order valence-electron chi connectivity index (χ2n) is 4.78. The number of rotatable bonds is 4. The highest BCUT2D eigenvalue weighted by molar-refractivity contribution is 7.91. The standard InChI is InChI=1S/C12H18N2O3S3/c13-12(18)10-5-6-11(19-10)20(16,17)14-7-3-1-2-4-9(14)8-15/h5-6,9,15H,1-4,7-8H2,(H2,13,18). The lowest BCUT2D eigenvalue weighted by molar-refractivity contribution is 0.186. The third kappa shape index (κ3) is 3.20. The van der Waals surface area contributed by atoms with Gasteiger partial charge in [0.05, 0.1) is 11.5 Å². The highest BCUT2D eigenvalue weighted by atomic mass is 32.2. The van der Waals surface area contributed by atoms with Crippen LogP contribution in [-0.2, 0) is 10.0 Å². The number of thiophene rings is 1. The van der Waals surface area contributed by atoms with Gasteiger partial charge < -0.3 is 10.8 Å². The van der Waals surface area contributed by atoms with E-state index in [0.29, 0.717) is 17.8 Å². The van der Waals surface area contributed by atoms with Crippen LogP contribution in [0.5, 0.6) is 0 Å². The van der Waals surface area contributed by atoms with Crippen molar-refractivity contribution in [1.82, 2.24) is 4.31 Å². The van der Waals surface area contributed by atoms with Gasteiger partial charge in [-0.1, -0.05) is 25.1 Å². The van der Waals surface area contributed by atoms with Gasteiger partial charge in [-0.05, 0) is 25.0 Å². The maximum absolute atomic E-state index is 12.7. The minimum Gasteiger partial charge on any atom is -0.395 e. The maximum atomic E-state index is 12.7. The van der Waals surface area contributed by atoms with E-state index in [1.54, 1.807) is 6.07 Å². The van der Waals surface area contributed by atoms with Crippen LogP contribution in [0.4, 0.5) is 0 Å². The number of nitrogens with zero attached hydrogens (tertiary/aromatic N) is 1. The Morgan fingerprint density at radius 2 is 2.20 bits per heavy atom. The van der Waals surface area contributed by atoms with Gasteiger partial charge in [-0.25, -0.2) is 8.42 Å². The third-order valence-corrected chi connectivity index (χ3v) is 7.31. The molecule has 5 nitrogen and oxygen atoms in total. The molecule has 1 aliphatic rings. The minimum absolute atomic E-state index is 0.146. The first kappa shape index (κ1) is 15.8. The van der Waals surface area contributed by atoms with Crippen LogP contribution < -0.4 is 5.73 Å². The second-order valence-corrected chi connectivity index (χ2v) is 8.43.